The van der Waals surface area contributed by atoms with Crippen molar-refractivity contribution in [3.8, 4) is 0 Å². The second-order valence-electron chi connectivity index (χ2n) is 7.07. The molecule has 6 nitrogen and oxygen atoms in total. The normalized spacial score (nSPS) is 11.0. The molecule has 0 saturated heterocycles. The highest BCUT2D eigenvalue weighted by Gasteiger charge is 2.23. The van der Waals surface area contributed by atoms with E-state index in [1.54, 1.807) is 48.7 Å². The van der Waals surface area contributed by atoms with Crippen LogP contribution in [0.25, 0.3) is 0 Å². The van der Waals surface area contributed by atoms with Gasteiger partial charge < -0.3 is 10.6 Å². The quantitative estimate of drug-likeness (QED) is 0.611. The van der Waals surface area contributed by atoms with Gasteiger partial charge >= 0.3 is 11.8 Å². The zero-order valence-electron chi connectivity index (χ0n) is 16.3. The van der Waals surface area contributed by atoms with Gasteiger partial charge in [0.05, 0.1) is 0 Å². The van der Waals surface area contributed by atoms with Crippen molar-refractivity contribution in [1.82, 2.24) is 15.3 Å². The maximum absolute atomic E-state index is 12.2. The van der Waals surface area contributed by atoms with Crippen LogP contribution >= 0.6 is 11.8 Å². The van der Waals surface area contributed by atoms with Gasteiger partial charge in [-0.25, -0.2) is 0 Å². The Labute approximate surface area is 174 Å². The molecule has 29 heavy (non-hydrogen) atoms. The van der Waals surface area contributed by atoms with E-state index in [4.69, 9.17) is 0 Å². The first-order chi connectivity index (χ1) is 13.9. The summed E-state index contributed by atoms with van der Waals surface area (Å²) in [6, 6.07) is 15.0. The Morgan fingerprint density at radius 1 is 0.828 bits per heavy atom. The van der Waals surface area contributed by atoms with Gasteiger partial charge in [0.25, 0.3) is 0 Å². The summed E-state index contributed by atoms with van der Waals surface area (Å²) < 4.78 is 0. The zero-order valence-corrected chi connectivity index (χ0v) is 17.1. The molecule has 0 saturated carbocycles. The molecule has 0 bridgehead atoms. The van der Waals surface area contributed by atoms with E-state index in [1.165, 1.54) is 0 Å². The third kappa shape index (κ3) is 5.89. The molecule has 3 aromatic rings. The van der Waals surface area contributed by atoms with Crippen LogP contribution in [0.5, 0.6) is 0 Å². The van der Waals surface area contributed by atoms with Crippen LogP contribution in [0.15, 0.2) is 83.1 Å². The first-order valence-electron chi connectivity index (χ1n) is 9.12. The summed E-state index contributed by atoms with van der Waals surface area (Å²) in [5.41, 5.74) is 1.29. The molecule has 0 aliphatic rings. The standard InChI is InChI=1S/C22H22N4O2S/c1-22(2,16-7-11-23-12-8-16)15-25-20(27)21(28)26-17-3-5-18(6-4-17)29-19-9-13-24-14-10-19/h3-14H,15H2,1-2H3,(H,25,27)(H,26,28). The number of hydrogen-bond acceptors (Lipinski definition) is 5. The molecular formula is C22H22N4O2S. The predicted molar refractivity (Wildman–Crippen MR) is 114 cm³/mol. The zero-order chi connectivity index (χ0) is 20.7. The molecule has 3 rings (SSSR count). The van der Waals surface area contributed by atoms with Gasteiger partial charge in [0, 0.05) is 52.2 Å². The third-order valence-electron chi connectivity index (χ3n) is 4.36. The molecule has 0 atom stereocenters. The molecule has 0 unspecified atom stereocenters. The van der Waals surface area contributed by atoms with Crippen molar-refractivity contribution in [2.24, 2.45) is 0 Å². The molecule has 148 valence electrons. The van der Waals surface area contributed by atoms with Gasteiger partial charge in [-0.2, -0.15) is 0 Å². The van der Waals surface area contributed by atoms with E-state index in [0.717, 1.165) is 15.4 Å². The highest BCUT2D eigenvalue weighted by Crippen LogP contribution is 2.27. The number of aromatic nitrogens is 2. The van der Waals surface area contributed by atoms with Crippen molar-refractivity contribution in [2.75, 3.05) is 11.9 Å². The Morgan fingerprint density at radius 3 is 2.00 bits per heavy atom. The molecule has 1 aromatic carbocycles. The van der Waals surface area contributed by atoms with Crippen molar-refractivity contribution >= 4 is 29.3 Å². The molecule has 0 spiro atoms. The lowest BCUT2D eigenvalue weighted by molar-refractivity contribution is -0.136. The first kappa shape index (κ1) is 20.5. The number of hydrogen-bond donors (Lipinski definition) is 2. The van der Waals surface area contributed by atoms with Crippen LogP contribution in [0, 0.1) is 0 Å². The summed E-state index contributed by atoms with van der Waals surface area (Å²) in [5.74, 6) is -1.35. The number of nitrogens with zero attached hydrogens (tertiary/aromatic N) is 2. The number of anilines is 1. The fraction of sp³-hybridized carbons (Fsp3) is 0.182. The molecule has 2 amide bonds. The van der Waals surface area contributed by atoms with Crippen LogP contribution in [-0.4, -0.2) is 28.3 Å². The summed E-state index contributed by atoms with van der Waals surface area (Å²) in [6.07, 6.45) is 6.90. The number of benzene rings is 1. The highest BCUT2D eigenvalue weighted by molar-refractivity contribution is 7.99. The van der Waals surface area contributed by atoms with Gasteiger partial charge in [-0.1, -0.05) is 25.6 Å². The van der Waals surface area contributed by atoms with Gasteiger partial charge in [0.15, 0.2) is 0 Å². The van der Waals surface area contributed by atoms with E-state index in [2.05, 4.69) is 20.6 Å². The highest BCUT2D eigenvalue weighted by atomic mass is 32.2. The minimum atomic E-state index is -0.690. The largest absolute Gasteiger partial charge is 0.347 e. The number of carbonyl (C=O) groups excluding carboxylic acids is 2. The Hall–Kier alpha value is -3.19. The monoisotopic (exact) mass is 406 g/mol. The van der Waals surface area contributed by atoms with Crippen LogP contribution in [0.3, 0.4) is 0 Å². The minimum absolute atomic E-state index is 0.315. The third-order valence-corrected chi connectivity index (χ3v) is 5.37. The lowest BCUT2D eigenvalue weighted by Crippen LogP contribution is -2.42. The van der Waals surface area contributed by atoms with Gasteiger partial charge in [0.2, 0.25) is 0 Å². The van der Waals surface area contributed by atoms with Crippen molar-refractivity contribution in [1.29, 1.82) is 0 Å². The topological polar surface area (TPSA) is 84.0 Å². The summed E-state index contributed by atoms with van der Waals surface area (Å²) in [4.78, 5) is 34.5. The fourth-order valence-corrected chi connectivity index (χ4v) is 3.43. The summed E-state index contributed by atoms with van der Waals surface area (Å²) in [5, 5.41) is 5.33. The molecule has 0 aliphatic carbocycles. The minimum Gasteiger partial charge on any atom is -0.347 e. The fourth-order valence-electron chi connectivity index (χ4n) is 2.62. The maximum Gasteiger partial charge on any atom is 0.313 e. The van der Waals surface area contributed by atoms with E-state index in [0.29, 0.717) is 12.2 Å². The lowest BCUT2D eigenvalue weighted by atomic mass is 9.85. The van der Waals surface area contributed by atoms with Crippen molar-refractivity contribution in [2.45, 2.75) is 29.1 Å². The van der Waals surface area contributed by atoms with E-state index in [9.17, 15) is 9.59 Å². The first-order valence-corrected chi connectivity index (χ1v) is 9.93. The Bertz CT molecular complexity index is 961. The average Bonchev–Trinajstić information content (AvgIpc) is 2.75. The number of rotatable bonds is 6. The summed E-state index contributed by atoms with van der Waals surface area (Å²) in [6.45, 7) is 4.34. The van der Waals surface area contributed by atoms with Crippen molar-refractivity contribution in [3.63, 3.8) is 0 Å². The van der Waals surface area contributed by atoms with Gasteiger partial charge in [-0.3, -0.25) is 19.6 Å². The second kappa shape index (κ2) is 9.34. The SMILES string of the molecule is CC(C)(CNC(=O)C(=O)Nc1ccc(Sc2ccncc2)cc1)c1ccncc1. The molecule has 2 N–H and O–H groups in total. The van der Waals surface area contributed by atoms with Gasteiger partial charge in [-0.05, 0) is 54.1 Å². The Kier molecular flexibility index (Phi) is 6.61. The predicted octanol–water partition coefficient (Wildman–Crippen LogP) is 3.66. The van der Waals surface area contributed by atoms with Crippen LogP contribution in [0.1, 0.15) is 19.4 Å². The number of carbonyl (C=O) groups is 2. The van der Waals surface area contributed by atoms with Crippen LogP contribution in [-0.2, 0) is 15.0 Å². The number of nitrogens with one attached hydrogen (secondary N) is 2. The molecule has 0 radical (unpaired) electrons. The molecule has 0 aliphatic heterocycles. The second-order valence-corrected chi connectivity index (χ2v) is 8.21. The molecule has 2 aromatic heterocycles. The molecule has 7 heteroatoms. The summed E-state index contributed by atoms with van der Waals surface area (Å²) in [7, 11) is 0. The molecular weight excluding hydrogens is 384 g/mol. The van der Waals surface area contributed by atoms with Crippen LogP contribution in [0.4, 0.5) is 5.69 Å². The molecule has 0 fully saturated rings. The van der Waals surface area contributed by atoms with E-state index in [1.807, 2.05) is 50.2 Å². The average molecular weight is 407 g/mol. The van der Waals surface area contributed by atoms with Crippen molar-refractivity contribution in [3.05, 3.63) is 78.9 Å². The van der Waals surface area contributed by atoms with E-state index >= 15 is 0 Å². The Balaban J connectivity index is 1.52. The van der Waals surface area contributed by atoms with E-state index < -0.39 is 11.8 Å². The van der Waals surface area contributed by atoms with Crippen LogP contribution in [0.2, 0.25) is 0 Å². The lowest BCUT2D eigenvalue weighted by Gasteiger charge is -2.25. The van der Waals surface area contributed by atoms with Gasteiger partial charge in [-0.15, -0.1) is 0 Å². The van der Waals surface area contributed by atoms with Gasteiger partial charge in [0.1, 0.15) is 0 Å². The number of amides is 2. The Morgan fingerprint density at radius 2 is 1.38 bits per heavy atom. The van der Waals surface area contributed by atoms with Crippen molar-refractivity contribution < 1.29 is 9.59 Å². The molecule has 2 heterocycles. The van der Waals surface area contributed by atoms with E-state index in [-0.39, 0.29) is 5.41 Å². The maximum atomic E-state index is 12.2. The smallest absolute Gasteiger partial charge is 0.313 e. The summed E-state index contributed by atoms with van der Waals surface area (Å²) >= 11 is 1.59. The number of pyridine rings is 2. The van der Waals surface area contributed by atoms with Crippen LogP contribution < -0.4 is 10.6 Å².